The average Bonchev–Trinajstić information content (AvgIpc) is 2.28. The molecular formula is C12H8BrClFNO. The number of pyridine rings is 1. The molecule has 0 spiro atoms. The largest absolute Gasteiger partial charge is 0.309 e. The second-order valence-corrected chi connectivity index (χ2v) is 4.82. The standard InChI is InChI=1S/C12H8BrClFNO/c13-10-5-9(14)7-16(12(10)17)6-8-3-1-2-4-11(8)15/h1-5,7H,6H2. The third kappa shape index (κ3) is 2.76. The van der Waals surface area contributed by atoms with E-state index in [1.54, 1.807) is 18.2 Å². The predicted molar refractivity (Wildman–Crippen MR) is 68.9 cm³/mol. The molecule has 2 aromatic rings. The van der Waals surface area contributed by atoms with E-state index in [0.717, 1.165) is 0 Å². The Morgan fingerprint density at radius 1 is 1.35 bits per heavy atom. The summed E-state index contributed by atoms with van der Waals surface area (Å²) in [5.74, 6) is -0.338. The van der Waals surface area contributed by atoms with Gasteiger partial charge >= 0.3 is 0 Å². The number of benzene rings is 1. The van der Waals surface area contributed by atoms with Gasteiger partial charge in [-0.15, -0.1) is 0 Å². The molecule has 0 aliphatic heterocycles. The van der Waals surface area contributed by atoms with Crippen molar-refractivity contribution in [1.82, 2.24) is 4.57 Å². The predicted octanol–water partition coefficient (Wildman–Crippen LogP) is 3.45. The molecule has 0 unspecified atom stereocenters. The zero-order chi connectivity index (χ0) is 12.4. The normalized spacial score (nSPS) is 10.5. The minimum atomic E-state index is -0.338. The molecule has 88 valence electrons. The second-order valence-electron chi connectivity index (χ2n) is 3.53. The van der Waals surface area contributed by atoms with E-state index < -0.39 is 0 Å². The van der Waals surface area contributed by atoms with E-state index in [1.165, 1.54) is 22.9 Å². The number of nitrogens with zero attached hydrogens (tertiary/aromatic N) is 1. The average molecular weight is 317 g/mol. The van der Waals surface area contributed by atoms with Gasteiger partial charge in [-0.05, 0) is 28.1 Å². The lowest BCUT2D eigenvalue weighted by Crippen LogP contribution is -2.21. The van der Waals surface area contributed by atoms with Crippen molar-refractivity contribution in [3.8, 4) is 0 Å². The van der Waals surface area contributed by atoms with Crippen molar-refractivity contribution in [2.45, 2.75) is 6.54 Å². The molecule has 2 nitrogen and oxygen atoms in total. The minimum absolute atomic E-state index is 0.157. The molecule has 0 fully saturated rings. The molecule has 0 saturated heterocycles. The maximum Gasteiger partial charge on any atom is 0.265 e. The van der Waals surface area contributed by atoms with Crippen LogP contribution < -0.4 is 5.56 Å². The molecule has 1 aromatic heterocycles. The molecule has 0 saturated carbocycles. The number of hydrogen-bond acceptors (Lipinski definition) is 1. The maximum absolute atomic E-state index is 13.4. The summed E-state index contributed by atoms with van der Waals surface area (Å²) >= 11 is 8.96. The highest BCUT2D eigenvalue weighted by molar-refractivity contribution is 9.10. The van der Waals surface area contributed by atoms with Gasteiger partial charge in [0, 0.05) is 11.8 Å². The van der Waals surface area contributed by atoms with Crippen LogP contribution in [0.2, 0.25) is 5.02 Å². The maximum atomic E-state index is 13.4. The van der Waals surface area contributed by atoms with E-state index in [-0.39, 0.29) is 17.9 Å². The van der Waals surface area contributed by atoms with Crippen molar-refractivity contribution in [3.05, 3.63) is 67.8 Å². The van der Waals surface area contributed by atoms with Crippen molar-refractivity contribution in [2.24, 2.45) is 0 Å². The zero-order valence-corrected chi connectivity index (χ0v) is 11.0. The van der Waals surface area contributed by atoms with Crippen LogP contribution in [0.1, 0.15) is 5.56 Å². The van der Waals surface area contributed by atoms with Crippen molar-refractivity contribution in [1.29, 1.82) is 0 Å². The van der Waals surface area contributed by atoms with Crippen LogP contribution in [0.4, 0.5) is 4.39 Å². The Morgan fingerprint density at radius 2 is 2.06 bits per heavy atom. The van der Waals surface area contributed by atoms with E-state index in [2.05, 4.69) is 15.9 Å². The van der Waals surface area contributed by atoms with Gasteiger partial charge in [0.1, 0.15) is 5.82 Å². The lowest BCUT2D eigenvalue weighted by Gasteiger charge is -2.07. The topological polar surface area (TPSA) is 22.0 Å². The lowest BCUT2D eigenvalue weighted by molar-refractivity contribution is 0.596. The summed E-state index contributed by atoms with van der Waals surface area (Å²) in [5.41, 5.74) is 0.210. The number of rotatable bonds is 2. The first-order valence-electron chi connectivity index (χ1n) is 4.87. The summed E-state index contributed by atoms with van der Waals surface area (Å²) in [6.45, 7) is 0.157. The fraction of sp³-hybridized carbons (Fsp3) is 0.0833. The minimum Gasteiger partial charge on any atom is -0.309 e. The molecule has 1 aromatic carbocycles. The smallest absolute Gasteiger partial charge is 0.265 e. The third-order valence-corrected chi connectivity index (χ3v) is 3.08. The molecule has 0 aliphatic carbocycles. The summed E-state index contributed by atoms with van der Waals surface area (Å²) in [5, 5.41) is 0.424. The number of aromatic nitrogens is 1. The van der Waals surface area contributed by atoms with Crippen LogP contribution in [0.25, 0.3) is 0 Å². The Balaban J connectivity index is 2.44. The SMILES string of the molecule is O=c1c(Br)cc(Cl)cn1Cc1ccccc1F. The summed E-state index contributed by atoms with van der Waals surface area (Å²) < 4.78 is 15.2. The molecule has 1 heterocycles. The number of halogens is 3. The summed E-state index contributed by atoms with van der Waals surface area (Å²) in [6, 6.07) is 7.84. The molecule has 0 atom stereocenters. The van der Waals surface area contributed by atoms with Crippen LogP contribution in [0, 0.1) is 5.82 Å². The van der Waals surface area contributed by atoms with Gasteiger partial charge in [0.2, 0.25) is 0 Å². The molecule has 2 rings (SSSR count). The highest BCUT2D eigenvalue weighted by atomic mass is 79.9. The van der Waals surface area contributed by atoms with E-state index in [0.29, 0.717) is 15.1 Å². The first kappa shape index (κ1) is 12.3. The van der Waals surface area contributed by atoms with Crippen molar-refractivity contribution >= 4 is 27.5 Å². The van der Waals surface area contributed by atoms with Gasteiger partial charge in [-0.1, -0.05) is 29.8 Å². The van der Waals surface area contributed by atoms with Gasteiger partial charge in [-0.2, -0.15) is 0 Å². The van der Waals surface area contributed by atoms with Crippen LogP contribution in [-0.2, 0) is 6.54 Å². The van der Waals surface area contributed by atoms with Crippen molar-refractivity contribution < 1.29 is 4.39 Å². The van der Waals surface area contributed by atoms with Gasteiger partial charge in [0.25, 0.3) is 5.56 Å². The molecule has 0 aliphatic rings. The van der Waals surface area contributed by atoms with Crippen LogP contribution in [-0.4, -0.2) is 4.57 Å². The Morgan fingerprint density at radius 3 is 2.76 bits per heavy atom. The summed E-state index contributed by atoms with van der Waals surface area (Å²) in [7, 11) is 0. The summed E-state index contributed by atoms with van der Waals surface area (Å²) in [4.78, 5) is 11.8. The van der Waals surface area contributed by atoms with Crippen molar-refractivity contribution in [2.75, 3.05) is 0 Å². The fourth-order valence-corrected chi connectivity index (χ4v) is 2.33. The van der Waals surface area contributed by atoms with Crippen LogP contribution in [0.15, 0.2) is 45.8 Å². The van der Waals surface area contributed by atoms with Crippen LogP contribution in [0.3, 0.4) is 0 Å². The third-order valence-electron chi connectivity index (χ3n) is 2.31. The second kappa shape index (κ2) is 5.02. The molecule has 5 heteroatoms. The van der Waals surface area contributed by atoms with E-state index in [1.807, 2.05) is 0 Å². The monoisotopic (exact) mass is 315 g/mol. The molecule has 0 radical (unpaired) electrons. The summed E-state index contributed by atoms with van der Waals surface area (Å²) in [6.07, 6.45) is 1.49. The van der Waals surface area contributed by atoms with Gasteiger partial charge in [0.15, 0.2) is 0 Å². The molecule has 17 heavy (non-hydrogen) atoms. The quantitative estimate of drug-likeness (QED) is 0.832. The van der Waals surface area contributed by atoms with Gasteiger partial charge in [-0.3, -0.25) is 4.79 Å². The molecular weight excluding hydrogens is 308 g/mol. The molecule has 0 bridgehead atoms. The molecule has 0 N–H and O–H groups in total. The zero-order valence-electron chi connectivity index (χ0n) is 8.66. The Labute approximate surface area is 111 Å². The Bertz CT molecular complexity index is 612. The van der Waals surface area contributed by atoms with Crippen molar-refractivity contribution in [3.63, 3.8) is 0 Å². The van der Waals surface area contributed by atoms with Gasteiger partial charge < -0.3 is 4.57 Å². The Kier molecular flexibility index (Phi) is 3.64. The first-order valence-corrected chi connectivity index (χ1v) is 6.04. The van der Waals surface area contributed by atoms with Gasteiger partial charge in [-0.25, -0.2) is 4.39 Å². The first-order chi connectivity index (χ1) is 8.08. The Hall–Kier alpha value is -1.13. The van der Waals surface area contributed by atoms with E-state index in [9.17, 15) is 9.18 Å². The van der Waals surface area contributed by atoms with Crippen LogP contribution >= 0.6 is 27.5 Å². The lowest BCUT2D eigenvalue weighted by atomic mass is 10.2. The van der Waals surface area contributed by atoms with E-state index >= 15 is 0 Å². The highest BCUT2D eigenvalue weighted by Crippen LogP contribution is 2.14. The fourth-order valence-electron chi connectivity index (χ4n) is 1.49. The molecule has 0 amide bonds. The van der Waals surface area contributed by atoms with E-state index in [4.69, 9.17) is 11.6 Å². The highest BCUT2D eigenvalue weighted by Gasteiger charge is 2.06. The van der Waals surface area contributed by atoms with Gasteiger partial charge in [0.05, 0.1) is 16.0 Å². The van der Waals surface area contributed by atoms with Crippen LogP contribution in [0.5, 0.6) is 0 Å². The number of hydrogen-bond donors (Lipinski definition) is 0.